The Morgan fingerprint density at radius 2 is 1.88 bits per heavy atom. The van der Waals surface area contributed by atoms with Crippen LogP contribution >= 0.6 is 11.6 Å². The molecule has 1 atom stereocenters. The number of aromatic nitrogens is 2. The molecule has 126 valence electrons. The van der Waals surface area contributed by atoms with Crippen LogP contribution in [0.4, 0.5) is 0 Å². The molecule has 2 aromatic carbocycles. The third-order valence-electron chi connectivity index (χ3n) is 4.33. The summed E-state index contributed by atoms with van der Waals surface area (Å²) in [5.74, 6) is 1.00. The van der Waals surface area contributed by atoms with Crippen molar-refractivity contribution < 1.29 is 5.11 Å². The summed E-state index contributed by atoms with van der Waals surface area (Å²) in [5, 5.41) is 13.3. The predicted octanol–water partition coefficient (Wildman–Crippen LogP) is 3.61. The van der Waals surface area contributed by atoms with Gasteiger partial charge in [-0.2, -0.15) is 0 Å². The van der Waals surface area contributed by atoms with Gasteiger partial charge in [-0.05, 0) is 49.2 Å². The molecule has 0 spiro atoms. The molecule has 4 nitrogen and oxygen atoms in total. The van der Waals surface area contributed by atoms with Gasteiger partial charge in [-0.3, -0.25) is 0 Å². The zero-order valence-electron chi connectivity index (χ0n) is 14.0. The second-order valence-corrected chi connectivity index (χ2v) is 6.50. The average Bonchev–Trinajstić information content (AvgIpc) is 2.91. The highest BCUT2D eigenvalue weighted by molar-refractivity contribution is 6.31. The number of rotatable bonds is 6. The van der Waals surface area contributed by atoms with E-state index < -0.39 is 0 Å². The lowest BCUT2D eigenvalue weighted by Gasteiger charge is -2.14. The van der Waals surface area contributed by atoms with E-state index in [0.29, 0.717) is 5.02 Å². The number of aliphatic hydroxyl groups excluding tert-OH is 1. The van der Waals surface area contributed by atoms with Crippen LogP contribution in [-0.4, -0.2) is 21.2 Å². The van der Waals surface area contributed by atoms with E-state index in [2.05, 4.69) is 28.9 Å². The van der Waals surface area contributed by atoms with Crippen LogP contribution in [0.3, 0.4) is 0 Å². The van der Waals surface area contributed by atoms with Gasteiger partial charge in [-0.25, -0.2) is 4.98 Å². The van der Waals surface area contributed by atoms with Crippen LogP contribution in [-0.2, 0) is 20.1 Å². The monoisotopic (exact) mass is 343 g/mol. The molecular weight excluding hydrogens is 322 g/mol. The van der Waals surface area contributed by atoms with E-state index >= 15 is 0 Å². The van der Waals surface area contributed by atoms with Gasteiger partial charge in [-0.15, -0.1) is 0 Å². The summed E-state index contributed by atoms with van der Waals surface area (Å²) >= 11 is 6.05. The third kappa shape index (κ3) is 3.61. The Morgan fingerprint density at radius 3 is 2.58 bits per heavy atom. The topological polar surface area (TPSA) is 50.1 Å². The maximum Gasteiger partial charge on any atom is 0.126 e. The van der Waals surface area contributed by atoms with Crippen molar-refractivity contribution in [3.8, 4) is 0 Å². The molecule has 3 aromatic rings. The Kier molecular flexibility index (Phi) is 5.19. The van der Waals surface area contributed by atoms with Crippen molar-refractivity contribution >= 4 is 22.6 Å². The number of hydrogen-bond donors (Lipinski definition) is 2. The zero-order chi connectivity index (χ0) is 17.1. The number of hydrogen-bond acceptors (Lipinski definition) is 3. The summed E-state index contributed by atoms with van der Waals surface area (Å²) in [5.41, 5.74) is 4.21. The lowest BCUT2D eigenvalue weighted by molar-refractivity contribution is 0.282. The Bertz CT molecular complexity index is 826. The largest absolute Gasteiger partial charge is 0.392 e. The van der Waals surface area contributed by atoms with Gasteiger partial charge in [0.15, 0.2) is 0 Å². The molecule has 0 amide bonds. The van der Waals surface area contributed by atoms with Crippen molar-refractivity contribution in [3.05, 3.63) is 64.4 Å². The second kappa shape index (κ2) is 7.34. The molecule has 0 aliphatic heterocycles. The molecule has 5 heteroatoms. The minimum absolute atomic E-state index is 0.0896. The van der Waals surface area contributed by atoms with Gasteiger partial charge < -0.3 is 15.0 Å². The lowest BCUT2D eigenvalue weighted by atomic mass is 10.1. The van der Waals surface area contributed by atoms with Crippen LogP contribution in [0.15, 0.2) is 42.5 Å². The van der Waals surface area contributed by atoms with Crippen LogP contribution < -0.4 is 5.32 Å². The Morgan fingerprint density at radius 1 is 1.17 bits per heavy atom. The van der Waals surface area contributed by atoms with Crippen molar-refractivity contribution in [1.29, 1.82) is 0 Å². The van der Waals surface area contributed by atoms with Crippen molar-refractivity contribution in [2.24, 2.45) is 7.05 Å². The molecule has 0 bridgehead atoms. The summed E-state index contributed by atoms with van der Waals surface area (Å²) in [6.07, 6.45) is 0.936. The van der Waals surface area contributed by atoms with Crippen LogP contribution in [0.1, 0.15) is 29.9 Å². The van der Waals surface area contributed by atoms with Crippen LogP contribution in [0, 0.1) is 0 Å². The maximum absolute atomic E-state index is 9.08. The van der Waals surface area contributed by atoms with Crippen molar-refractivity contribution in [2.45, 2.75) is 26.0 Å². The molecular formula is C19H22ClN3O. The van der Waals surface area contributed by atoms with E-state index in [0.717, 1.165) is 35.4 Å². The number of nitrogens with zero attached hydrogens (tertiary/aromatic N) is 2. The first kappa shape index (κ1) is 17.0. The first-order valence-electron chi connectivity index (χ1n) is 8.12. The molecule has 2 N–H and O–H groups in total. The summed E-state index contributed by atoms with van der Waals surface area (Å²) in [4.78, 5) is 4.71. The number of aliphatic hydroxyl groups is 1. The van der Waals surface area contributed by atoms with Crippen LogP contribution in [0.25, 0.3) is 11.0 Å². The van der Waals surface area contributed by atoms with Gasteiger partial charge in [0.1, 0.15) is 5.82 Å². The fraction of sp³-hybridized carbons (Fsp3) is 0.316. The van der Waals surface area contributed by atoms with Crippen LogP contribution in [0.5, 0.6) is 0 Å². The minimum atomic E-state index is 0.0896. The Balaban J connectivity index is 1.64. The van der Waals surface area contributed by atoms with E-state index in [9.17, 15) is 0 Å². The molecule has 0 saturated carbocycles. The van der Waals surface area contributed by atoms with E-state index in [4.69, 9.17) is 21.7 Å². The van der Waals surface area contributed by atoms with Gasteiger partial charge in [0, 0.05) is 12.1 Å². The molecule has 0 aliphatic rings. The van der Waals surface area contributed by atoms with Gasteiger partial charge in [0.05, 0.1) is 23.7 Å². The van der Waals surface area contributed by atoms with Gasteiger partial charge in [0.25, 0.3) is 0 Å². The molecule has 0 fully saturated rings. The smallest absolute Gasteiger partial charge is 0.126 e. The fourth-order valence-electron chi connectivity index (χ4n) is 2.91. The second-order valence-electron chi connectivity index (χ2n) is 6.06. The van der Waals surface area contributed by atoms with E-state index in [1.165, 1.54) is 5.56 Å². The lowest BCUT2D eigenvalue weighted by Crippen LogP contribution is -2.23. The molecule has 0 aliphatic carbocycles. The van der Waals surface area contributed by atoms with E-state index in [1.54, 1.807) is 0 Å². The van der Waals surface area contributed by atoms with Crippen LogP contribution in [0.2, 0.25) is 5.02 Å². The normalized spacial score (nSPS) is 12.7. The standard InChI is InChI=1S/C19H22ClN3O/c1-13(21-10-9-14-3-5-15(12-24)6-4-14)19-22-17-11-16(20)7-8-18(17)23(19)2/h3-8,11,13,21,24H,9-10,12H2,1-2H3. The van der Waals surface area contributed by atoms with Crippen molar-refractivity contribution in [2.75, 3.05) is 6.54 Å². The molecule has 1 aromatic heterocycles. The SMILES string of the molecule is CC(NCCc1ccc(CO)cc1)c1nc2cc(Cl)ccc2n1C. The number of aryl methyl sites for hydroxylation is 1. The molecule has 0 saturated heterocycles. The molecule has 1 unspecified atom stereocenters. The predicted molar refractivity (Wildman–Crippen MR) is 98.2 cm³/mol. The van der Waals surface area contributed by atoms with Gasteiger partial charge in [0.2, 0.25) is 0 Å². The van der Waals surface area contributed by atoms with E-state index in [-0.39, 0.29) is 12.6 Å². The number of imidazole rings is 1. The number of halogens is 1. The molecule has 0 radical (unpaired) electrons. The first-order valence-corrected chi connectivity index (χ1v) is 8.50. The highest BCUT2D eigenvalue weighted by atomic mass is 35.5. The number of fused-ring (bicyclic) bond motifs is 1. The maximum atomic E-state index is 9.08. The van der Waals surface area contributed by atoms with Gasteiger partial charge >= 0.3 is 0 Å². The minimum Gasteiger partial charge on any atom is -0.392 e. The average molecular weight is 344 g/mol. The highest BCUT2D eigenvalue weighted by Gasteiger charge is 2.14. The first-order chi connectivity index (χ1) is 11.6. The zero-order valence-corrected chi connectivity index (χ0v) is 14.7. The molecule has 1 heterocycles. The summed E-state index contributed by atoms with van der Waals surface area (Å²) in [6.45, 7) is 3.08. The Labute approximate surface area is 147 Å². The van der Waals surface area contributed by atoms with Crippen molar-refractivity contribution in [1.82, 2.24) is 14.9 Å². The summed E-state index contributed by atoms with van der Waals surface area (Å²) in [7, 11) is 2.03. The quantitative estimate of drug-likeness (QED) is 0.718. The van der Waals surface area contributed by atoms with Crippen molar-refractivity contribution in [3.63, 3.8) is 0 Å². The number of nitrogens with one attached hydrogen (secondary N) is 1. The third-order valence-corrected chi connectivity index (χ3v) is 4.57. The van der Waals surface area contributed by atoms with Gasteiger partial charge in [-0.1, -0.05) is 35.9 Å². The molecule has 24 heavy (non-hydrogen) atoms. The fourth-order valence-corrected chi connectivity index (χ4v) is 3.08. The molecule has 3 rings (SSSR count). The summed E-state index contributed by atoms with van der Waals surface area (Å²) < 4.78 is 2.11. The Hall–Kier alpha value is -1.88. The highest BCUT2D eigenvalue weighted by Crippen LogP contribution is 2.22. The van der Waals surface area contributed by atoms with E-state index in [1.807, 2.05) is 37.4 Å². The summed E-state index contributed by atoms with van der Waals surface area (Å²) in [6, 6.07) is 14.0. The number of benzene rings is 2.